The second-order valence-electron chi connectivity index (χ2n) is 5.06. The van der Waals surface area contributed by atoms with Gasteiger partial charge in [-0.05, 0) is 54.6 Å². The SMILES string of the molecule is BrCCOc1ccc(Br)cc1.Brc1ccc(OCCn2cccn2)cc1. The van der Waals surface area contributed by atoms with E-state index < -0.39 is 0 Å². The molecule has 0 aliphatic heterocycles. The van der Waals surface area contributed by atoms with E-state index in [1.807, 2.05) is 65.5 Å². The summed E-state index contributed by atoms with van der Waals surface area (Å²) in [4.78, 5) is 0. The van der Waals surface area contributed by atoms with Crippen LogP contribution in [0.3, 0.4) is 0 Å². The fourth-order valence-electron chi connectivity index (χ4n) is 1.91. The highest BCUT2D eigenvalue weighted by atomic mass is 79.9. The summed E-state index contributed by atoms with van der Waals surface area (Å²) in [5.41, 5.74) is 0. The van der Waals surface area contributed by atoms with Gasteiger partial charge in [-0.2, -0.15) is 5.10 Å². The van der Waals surface area contributed by atoms with Crippen LogP contribution in [0, 0.1) is 0 Å². The van der Waals surface area contributed by atoms with Gasteiger partial charge in [0.15, 0.2) is 0 Å². The number of ether oxygens (including phenoxy) is 2. The number of hydrogen-bond acceptors (Lipinski definition) is 3. The van der Waals surface area contributed by atoms with Crippen LogP contribution in [0.2, 0.25) is 0 Å². The summed E-state index contributed by atoms with van der Waals surface area (Å²) in [5, 5.41) is 4.95. The van der Waals surface area contributed by atoms with Crippen LogP contribution in [0.25, 0.3) is 0 Å². The number of halogens is 3. The zero-order chi connectivity index (χ0) is 18.6. The Morgan fingerprint density at radius 3 is 1.81 bits per heavy atom. The highest BCUT2D eigenvalue weighted by Crippen LogP contribution is 2.16. The highest BCUT2D eigenvalue weighted by Gasteiger charge is 1.94. The molecule has 0 amide bonds. The number of alkyl halides is 1. The first-order chi connectivity index (χ1) is 12.7. The van der Waals surface area contributed by atoms with Gasteiger partial charge in [0.25, 0.3) is 0 Å². The standard InChI is InChI=1S/C11H11BrN2O.C8H8Br2O/c12-10-2-4-11(5-3-10)15-9-8-14-7-1-6-13-14;9-5-6-11-8-3-1-7(10)2-4-8/h1-7H,8-9H2;1-4H,5-6H2. The summed E-state index contributed by atoms with van der Waals surface area (Å²) >= 11 is 10.0. The van der Waals surface area contributed by atoms with Crippen LogP contribution in [0.4, 0.5) is 0 Å². The third-order valence-corrected chi connectivity index (χ3v) is 4.50. The molecule has 3 aromatic rings. The number of benzene rings is 2. The Morgan fingerprint density at radius 2 is 1.35 bits per heavy atom. The summed E-state index contributed by atoms with van der Waals surface area (Å²) in [6.45, 7) is 2.11. The van der Waals surface area contributed by atoms with Crippen molar-refractivity contribution in [2.24, 2.45) is 0 Å². The molecule has 4 nitrogen and oxygen atoms in total. The van der Waals surface area contributed by atoms with Crippen molar-refractivity contribution in [2.45, 2.75) is 6.54 Å². The molecular formula is C19H19Br3N2O2. The van der Waals surface area contributed by atoms with Crippen molar-refractivity contribution in [3.8, 4) is 11.5 Å². The van der Waals surface area contributed by atoms with Crippen LogP contribution in [0.5, 0.6) is 11.5 Å². The summed E-state index contributed by atoms with van der Waals surface area (Å²) in [6.07, 6.45) is 3.69. The lowest BCUT2D eigenvalue weighted by Crippen LogP contribution is -2.08. The quantitative estimate of drug-likeness (QED) is 0.344. The van der Waals surface area contributed by atoms with Gasteiger partial charge in [-0.3, -0.25) is 4.68 Å². The van der Waals surface area contributed by atoms with E-state index in [-0.39, 0.29) is 0 Å². The molecule has 1 aromatic heterocycles. The van der Waals surface area contributed by atoms with Crippen molar-refractivity contribution in [1.29, 1.82) is 0 Å². The van der Waals surface area contributed by atoms with E-state index in [0.29, 0.717) is 13.2 Å². The molecule has 1 heterocycles. The van der Waals surface area contributed by atoms with E-state index in [0.717, 1.165) is 32.3 Å². The number of nitrogens with zero attached hydrogens (tertiary/aromatic N) is 2. The maximum absolute atomic E-state index is 5.55. The van der Waals surface area contributed by atoms with Crippen LogP contribution >= 0.6 is 47.8 Å². The minimum atomic E-state index is 0.628. The van der Waals surface area contributed by atoms with Crippen molar-refractivity contribution in [1.82, 2.24) is 9.78 Å². The average molecular weight is 547 g/mol. The molecule has 0 fully saturated rings. The van der Waals surface area contributed by atoms with Crippen LogP contribution in [0.15, 0.2) is 75.9 Å². The highest BCUT2D eigenvalue weighted by molar-refractivity contribution is 9.10. The van der Waals surface area contributed by atoms with Gasteiger partial charge in [-0.25, -0.2) is 0 Å². The van der Waals surface area contributed by atoms with E-state index in [1.54, 1.807) is 6.20 Å². The van der Waals surface area contributed by atoms with Gasteiger partial charge in [0.05, 0.1) is 13.2 Å². The van der Waals surface area contributed by atoms with Gasteiger partial charge in [0.2, 0.25) is 0 Å². The second-order valence-corrected chi connectivity index (χ2v) is 7.69. The first kappa shape index (κ1) is 21.0. The zero-order valence-electron chi connectivity index (χ0n) is 14.0. The summed E-state index contributed by atoms with van der Waals surface area (Å²) in [7, 11) is 0. The molecule has 138 valence electrons. The largest absolute Gasteiger partial charge is 0.493 e. The lowest BCUT2D eigenvalue weighted by Gasteiger charge is -2.05. The molecule has 7 heteroatoms. The Balaban J connectivity index is 0.000000197. The second kappa shape index (κ2) is 12.1. The fourth-order valence-corrected chi connectivity index (χ4v) is 2.60. The lowest BCUT2D eigenvalue weighted by atomic mass is 10.3. The molecule has 0 saturated heterocycles. The first-order valence-corrected chi connectivity index (χ1v) is 10.7. The average Bonchev–Trinajstić information content (AvgIpc) is 3.17. The molecule has 0 aliphatic rings. The molecule has 3 rings (SSSR count). The predicted octanol–water partition coefficient (Wildman–Crippen LogP) is 5.95. The molecule has 26 heavy (non-hydrogen) atoms. The van der Waals surface area contributed by atoms with Gasteiger partial charge in [0, 0.05) is 26.7 Å². The molecule has 0 saturated carbocycles. The van der Waals surface area contributed by atoms with Gasteiger partial charge < -0.3 is 9.47 Å². The van der Waals surface area contributed by atoms with Gasteiger partial charge in [-0.1, -0.05) is 47.8 Å². The molecule has 0 atom stereocenters. The third kappa shape index (κ3) is 8.38. The zero-order valence-corrected chi connectivity index (χ0v) is 18.8. The number of hydrogen-bond donors (Lipinski definition) is 0. The van der Waals surface area contributed by atoms with Crippen molar-refractivity contribution in [3.05, 3.63) is 75.9 Å². The lowest BCUT2D eigenvalue weighted by molar-refractivity contribution is 0.291. The smallest absolute Gasteiger partial charge is 0.119 e. The molecule has 2 aromatic carbocycles. The van der Waals surface area contributed by atoms with Crippen molar-refractivity contribution >= 4 is 47.8 Å². The monoisotopic (exact) mass is 544 g/mol. The Bertz CT molecular complexity index is 732. The molecule has 0 bridgehead atoms. The van der Waals surface area contributed by atoms with Crippen molar-refractivity contribution in [3.63, 3.8) is 0 Å². The molecular weight excluding hydrogens is 528 g/mol. The molecule has 0 spiro atoms. The van der Waals surface area contributed by atoms with E-state index in [4.69, 9.17) is 9.47 Å². The first-order valence-electron chi connectivity index (χ1n) is 7.97. The van der Waals surface area contributed by atoms with E-state index in [1.165, 1.54) is 0 Å². The van der Waals surface area contributed by atoms with Gasteiger partial charge in [0.1, 0.15) is 18.1 Å². The maximum Gasteiger partial charge on any atom is 0.119 e. The van der Waals surface area contributed by atoms with E-state index in [9.17, 15) is 0 Å². The van der Waals surface area contributed by atoms with Crippen molar-refractivity contribution in [2.75, 3.05) is 18.5 Å². The number of rotatable bonds is 7. The molecule has 0 aliphatic carbocycles. The Morgan fingerprint density at radius 1 is 0.808 bits per heavy atom. The van der Waals surface area contributed by atoms with E-state index in [2.05, 4.69) is 52.9 Å². The molecule has 0 radical (unpaired) electrons. The van der Waals surface area contributed by atoms with Crippen LogP contribution in [0.1, 0.15) is 0 Å². The Kier molecular flexibility index (Phi) is 9.81. The maximum atomic E-state index is 5.55. The van der Waals surface area contributed by atoms with E-state index >= 15 is 0 Å². The number of aromatic nitrogens is 2. The minimum Gasteiger partial charge on any atom is -0.493 e. The molecule has 0 unspecified atom stereocenters. The summed E-state index contributed by atoms with van der Waals surface area (Å²) < 4.78 is 14.9. The van der Waals surface area contributed by atoms with Gasteiger partial charge in [-0.15, -0.1) is 0 Å². The summed E-state index contributed by atoms with van der Waals surface area (Å²) in [5.74, 6) is 1.79. The Labute approximate surface area is 178 Å². The molecule has 0 N–H and O–H groups in total. The van der Waals surface area contributed by atoms with Crippen molar-refractivity contribution < 1.29 is 9.47 Å². The Hall–Kier alpha value is -1.31. The third-order valence-electron chi connectivity index (χ3n) is 3.12. The van der Waals surface area contributed by atoms with Crippen LogP contribution < -0.4 is 9.47 Å². The minimum absolute atomic E-state index is 0.628. The van der Waals surface area contributed by atoms with Crippen LogP contribution in [-0.4, -0.2) is 28.3 Å². The normalized spacial score (nSPS) is 9.96. The fraction of sp³-hybridized carbons (Fsp3) is 0.211. The van der Waals surface area contributed by atoms with Gasteiger partial charge >= 0.3 is 0 Å². The predicted molar refractivity (Wildman–Crippen MR) is 115 cm³/mol. The van der Waals surface area contributed by atoms with Crippen LogP contribution in [-0.2, 0) is 6.54 Å². The summed E-state index contributed by atoms with van der Waals surface area (Å²) in [6, 6.07) is 17.5. The topological polar surface area (TPSA) is 36.3 Å².